The van der Waals surface area contributed by atoms with Gasteiger partial charge < -0.3 is 4.42 Å². The lowest BCUT2D eigenvalue weighted by atomic mass is 9.99. The van der Waals surface area contributed by atoms with E-state index < -0.39 is 0 Å². The quantitative estimate of drug-likeness (QED) is 0.638. The Labute approximate surface area is 117 Å². The average molecular weight is 262 g/mol. The van der Waals surface area contributed by atoms with Crippen LogP contribution in [0.1, 0.15) is 16.1 Å². The molecule has 0 unspecified atom stereocenters. The van der Waals surface area contributed by atoms with Crippen LogP contribution >= 0.6 is 0 Å². The normalized spacial score (nSPS) is 10.4. The van der Waals surface area contributed by atoms with Crippen LogP contribution in [0.15, 0.2) is 65.1 Å². The molecule has 2 aromatic carbocycles. The summed E-state index contributed by atoms with van der Waals surface area (Å²) in [6.45, 7) is 2.10. The Balaban J connectivity index is 1.95. The molecular formula is C18H14O2. The van der Waals surface area contributed by atoms with Crippen molar-refractivity contribution < 1.29 is 9.21 Å². The molecule has 0 saturated heterocycles. The molecule has 20 heavy (non-hydrogen) atoms. The SMILES string of the molecule is Cc1ccccc1-c1ccc(-c2ccc(C=O)o2)cc1. The fraction of sp³-hybridized carbons (Fsp3) is 0.0556. The van der Waals surface area contributed by atoms with Crippen LogP contribution in [0.3, 0.4) is 0 Å². The van der Waals surface area contributed by atoms with E-state index in [1.165, 1.54) is 16.7 Å². The van der Waals surface area contributed by atoms with Crippen LogP contribution in [0.4, 0.5) is 0 Å². The van der Waals surface area contributed by atoms with Crippen molar-refractivity contribution in [2.45, 2.75) is 6.92 Å². The number of furan rings is 1. The summed E-state index contributed by atoms with van der Waals surface area (Å²) in [7, 11) is 0. The Kier molecular flexibility index (Phi) is 3.21. The first-order chi connectivity index (χ1) is 9.78. The van der Waals surface area contributed by atoms with E-state index in [9.17, 15) is 4.79 Å². The van der Waals surface area contributed by atoms with Gasteiger partial charge in [0.15, 0.2) is 12.0 Å². The molecule has 0 fully saturated rings. The Hall–Kier alpha value is -2.61. The highest BCUT2D eigenvalue weighted by Crippen LogP contribution is 2.27. The molecule has 0 spiro atoms. The maximum absolute atomic E-state index is 10.6. The van der Waals surface area contributed by atoms with E-state index in [0.717, 1.165) is 5.56 Å². The molecule has 3 aromatic rings. The lowest BCUT2D eigenvalue weighted by Crippen LogP contribution is -1.82. The fourth-order valence-electron chi connectivity index (χ4n) is 2.28. The highest BCUT2D eigenvalue weighted by molar-refractivity contribution is 5.74. The summed E-state index contributed by atoms with van der Waals surface area (Å²) in [5.74, 6) is 1.06. The second kappa shape index (κ2) is 5.17. The number of hydrogen-bond acceptors (Lipinski definition) is 2. The summed E-state index contributed by atoms with van der Waals surface area (Å²) < 4.78 is 5.42. The molecule has 0 bridgehead atoms. The van der Waals surface area contributed by atoms with E-state index >= 15 is 0 Å². The summed E-state index contributed by atoms with van der Waals surface area (Å²) in [6, 6.07) is 19.9. The van der Waals surface area contributed by atoms with E-state index in [-0.39, 0.29) is 0 Å². The number of rotatable bonds is 3. The largest absolute Gasteiger partial charge is 0.453 e. The van der Waals surface area contributed by atoms with Gasteiger partial charge in [0.2, 0.25) is 0 Å². The van der Waals surface area contributed by atoms with Crippen molar-refractivity contribution in [2.75, 3.05) is 0 Å². The van der Waals surface area contributed by atoms with E-state index in [2.05, 4.69) is 31.2 Å². The molecule has 0 amide bonds. The van der Waals surface area contributed by atoms with Crippen molar-refractivity contribution in [2.24, 2.45) is 0 Å². The maximum Gasteiger partial charge on any atom is 0.185 e. The minimum Gasteiger partial charge on any atom is -0.453 e. The smallest absolute Gasteiger partial charge is 0.185 e. The molecule has 0 atom stereocenters. The molecule has 1 heterocycles. The second-order valence-corrected chi connectivity index (χ2v) is 4.71. The van der Waals surface area contributed by atoms with Gasteiger partial charge in [-0.15, -0.1) is 0 Å². The van der Waals surface area contributed by atoms with Crippen LogP contribution in [0.2, 0.25) is 0 Å². The van der Waals surface area contributed by atoms with Crippen LogP contribution in [-0.4, -0.2) is 6.29 Å². The number of hydrogen-bond donors (Lipinski definition) is 0. The lowest BCUT2D eigenvalue weighted by Gasteiger charge is -2.06. The average Bonchev–Trinajstić information content (AvgIpc) is 2.97. The molecular weight excluding hydrogens is 248 g/mol. The molecule has 98 valence electrons. The zero-order valence-electron chi connectivity index (χ0n) is 11.2. The number of aldehydes is 1. The summed E-state index contributed by atoms with van der Waals surface area (Å²) in [6.07, 6.45) is 0.713. The van der Waals surface area contributed by atoms with Gasteiger partial charge in [-0.1, -0.05) is 48.5 Å². The first-order valence-corrected chi connectivity index (χ1v) is 6.49. The van der Waals surface area contributed by atoms with Crippen molar-refractivity contribution >= 4 is 6.29 Å². The van der Waals surface area contributed by atoms with E-state index in [1.54, 1.807) is 6.07 Å². The first kappa shape index (κ1) is 12.4. The zero-order chi connectivity index (χ0) is 13.9. The van der Waals surface area contributed by atoms with Gasteiger partial charge >= 0.3 is 0 Å². The van der Waals surface area contributed by atoms with Gasteiger partial charge in [0.25, 0.3) is 0 Å². The van der Waals surface area contributed by atoms with Gasteiger partial charge in [0.05, 0.1) is 0 Å². The molecule has 2 heteroatoms. The predicted molar refractivity (Wildman–Crippen MR) is 79.7 cm³/mol. The molecule has 0 aliphatic carbocycles. The molecule has 0 N–H and O–H groups in total. The van der Waals surface area contributed by atoms with Gasteiger partial charge in [-0.05, 0) is 35.7 Å². The molecule has 0 aliphatic rings. The summed E-state index contributed by atoms with van der Waals surface area (Å²) >= 11 is 0. The summed E-state index contributed by atoms with van der Waals surface area (Å²) in [5, 5.41) is 0. The Morgan fingerprint density at radius 2 is 1.55 bits per heavy atom. The van der Waals surface area contributed by atoms with Crippen molar-refractivity contribution in [3.05, 3.63) is 72.0 Å². The Bertz CT molecular complexity index is 736. The van der Waals surface area contributed by atoms with Gasteiger partial charge in [0.1, 0.15) is 5.76 Å². The van der Waals surface area contributed by atoms with Crippen molar-refractivity contribution in [3.63, 3.8) is 0 Å². The predicted octanol–water partition coefficient (Wildman–Crippen LogP) is 4.73. The first-order valence-electron chi connectivity index (χ1n) is 6.49. The Morgan fingerprint density at radius 3 is 2.20 bits per heavy atom. The van der Waals surface area contributed by atoms with Crippen LogP contribution in [0.5, 0.6) is 0 Å². The lowest BCUT2D eigenvalue weighted by molar-refractivity contribution is 0.110. The van der Waals surface area contributed by atoms with Gasteiger partial charge in [-0.3, -0.25) is 4.79 Å². The van der Waals surface area contributed by atoms with Crippen LogP contribution in [0.25, 0.3) is 22.5 Å². The van der Waals surface area contributed by atoms with Crippen molar-refractivity contribution in [1.82, 2.24) is 0 Å². The molecule has 2 nitrogen and oxygen atoms in total. The third-order valence-corrected chi connectivity index (χ3v) is 3.37. The topological polar surface area (TPSA) is 30.2 Å². The van der Waals surface area contributed by atoms with E-state index in [0.29, 0.717) is 17.8 Å². The highest BCUT2D eigenvalue weighted by atomic mass is 16.3. The van der Waals surface area contributed by atoms with Crippen LogP contribution in [-0.2, 0) is 0 Å². The number of benzene rings is 2. The van der Waals surface area contributed by atoms with Crippen LogP contribution < -0.4 is 0 Å². The molecule has 0 saturated carbocycles. The zero-order valence-corrected chi connectivity index (χ0v) is 11.2. The summed E-state index contributed by atoms with van der Waals surface area (Å²) in [4.78, 5) is 10.6. The third-order valence-electron chi connectivity index (χ3n) is 3.37. The van der Waals surface area contributed by atoms with Crippen LogP contribution in [0, 0.1) is 6.92 Å². The molecule has 3 rings (SSSR count). The fourth-order valence-corrected chi connectivity index (χ4v) is 2.28. The number of carbonyl (C=O) groups is 1. The minimum atomic E-state index is 0.350. The Morgan fingerprint density at radius 1 is 0.850 bits per heavy atom. The van der Waals surface area contributed by atoms with Gasteiger partial charge in [-0.25, -0.2) is 0 Å². The number of aryl methyl sites for hydroxylation is 1. The number of carbonyl (C=O) groups excluding carboxylic acids is 1. The monoisotopic (exact) mass is 262 g/mol. The van der Waals surface area contributed by atoms with Crippen molar-refractivity contribution in [3.8, 4) is 22.5 Å². The molecule has 1 aromatic heterocycles. The van der Waals surface area contributed by atoms with Crippen molar-refractivity contribution in [1.29, 1.82) is 0 Å². The molecule has 0 aliphatic heterocycles. The summed E-state index contributed by atoms with van der Waals surface area (Å²) in [5.41, 5.74) is 4.62. The highest BCUT2D eigenvalue weighted by Gasteiger charge is 2.05. The van der Waals surface area contributed by atoms with E-state index in [4.69, 9.17) is 4.42 Å². The minimum absolute atomic E-state index is 0.350. The van der Waals surface area contributed by atoms with Gasteiger partial charge in [0, 0.05) is 5.56 Å². The molecule has 0 radical (unpaired) electrons. The second-order valence-electron chi connectivity index (χ2n) is 4.71. The standard InChI is InChI=1S/C18H14O2/c1-13-4-2-3-5-17(13)14-6-8-15(9-7-14)18-11-10-16(12-19)20-18/h2-12H,1H3. The van der Waals surface area contributed by atoms with E-state index in [1.807, 2.05) is 30.3 Å². The maximum atomic E-state index is 10.6. The van der Waals surface area contributed by atoms with Gasteiger partial charge in [-0.2, -0.15) is 0 Å². The third kappa shape index (κ3) is 2.28.